The maximum absolute atomic E-state index is 12.5. The number of amides is 1. The number of nitrogens with one attached hydrogen (secondary N) is 1. The lowest BCUT2D eigenvalue weighted by molar-refractivity contribution is -0.130. The smallest absolute Gasteiger partial charge is 0.220 e. The molecule has 0 aromatic rings. The van der Waals surface area contributed by atoms with Crippen LogP contribution in [0, 0.1) is 46.3 Å². The van der Waals surface area contributed by atoms with Crippen molar-refractivity contribution in [3.63, 3.8) is 0 Å². The minimum Gasteiger partial charge on any atom is -0.393 e. The van der Waals surface area contributed by atoms with Crippen LogP contribution in [0.15, 0.2) is 0 Å². The van der Waals surface area contributed by atoms with Gasteiger partial charge in [0.2, 0.25) is 5.91 Å². The van der Waals surface area contributed by atoms with Crippen LogP contribution in [0.5, 0.6) is 0 Å². The van der Waals surface area contributed by atoms with Crippen LogP contribution in [-0.2, 0) is 14.3 Å². The number of aliphatic hydroxyl groups is 1. The van der Waals surface area contributed by atoms with Crippen LogP contribution in [0.1, 0.15) is 91.4 Å². The van der Waals surface area contributed by atoms with Crippen molar-refractivity contribution in [1.29, 1.82) is 0 Å². The highest BCUT2D eigenvalue weighted by molar-refractivity contribution is 5.75. The van der Waals surface area contributed by atoms with Gasteiger partial charge in [-0.15, -0.1) is 0 Å². The minimum absolute atomic E-state index is 0.0593. The molecule has 0 bridgehead atoms. The van der Waals surface area contributed by atoms with Crippen molar-refractivity contribution >= 4 is 5.91 Å². The van der Waals surface area contributed by atoms with E-state index in [0.29, 0.717) is 62.7 Å². The molecule has 0 heterocycles. The van der Waals surface area contributed by atoms with Crippen molar-refractivity contribution in [3.05, 3.63) is 0 Å². The number of nitrogens with two attached hydrogens (primary N) is 1. The van der Waals surface area contributed by atoms with E-state index in [1.807, 2.05) is 0 Å². The molecule has 0 saturated heterocycles. The molecule has 4 aliphatic carbocycles. The third-order valence-electron chi connectivity index (χ3n) is 11.4. The summed E-state index contributed by atoms with van der Waals surface area (Å²) in [7, 11) is 0. The Balaban J connectivity index is 1.22. The Morgan fingerprint density at radius 1 is 0.972 bits per heavy atom. The number of aliphatic hydroxyl groups excluding tert-OH is 1. The molecule has 4 N–H and O–H groups in total. The maximum Gasteiger partial charge on any atom is 0.220 e. The molecule has 0 aromatic heterocycles. The van der Waals surface area contributed by atoms with Crippen molar-refractivity contribution in [2.75, 3.05) is 39.5 Å². The fourth-order valence-electron chi connectivity index (χ4n) is 9.53. The fraction of sp³-hybridized carbons (Fsp3) is 0.967. The van der Waals surface area contributed by atoms with Crippen LogP contribution in [0.25, 0.3) is 0 Å². The topological polar surface area (TPSA) is 93.8 Å². The summed E-state index contributed by atoms with van der Waals surface area (Å²) < 4.78 is 10.8. The van der Waals surface area contributed by atoms with Gasteiger partial charge >= 0.3 is 0 Å². The summed E-state index contributed by atoms with van der Waals surface area (Å²) in [6.45, 7) is 10.9. The number of carbonyl (C=O) groups is 1. The Morgan fingerprint density at radius 2 is 1.69 bits per heavy atom. The van der Waals surface area contributed by atoms with Crippen molar-refractivity contribution in [2.45, 2.75) is 97.5 Å². The number of carbonyl (C=O) groups excluding carboxylic acids is 1. The first-order valence-corrected chi connectivity index (χ1v) is 15.1. The molecule has 0 aromatic carbocycles. The Kier molecular flexibility index (Phi) is 9.79. The highest BCUT2D eigenvalue weighted by Gasteiger charge is 2.60. The van der Waals surface area contributed by atoms with Crippen molar-refractivity contribution in [3.8, 4) is 0 Å². The molecule has 0 radical (unpaired) electrons. The SMILES string of the molecule is CC(CCC(=O)NCCOCCOCCN)[C@H]1CCC2C3CCC4C[C@H](O)CC[C@]4(C)C3CC[C@@]21C. The minimum atomic E-state index is -0.0593. The predicted molar refractivity (Wildman–Crippen MR) is 143 cm³/mol. The first-order chi connectivity index (χ1) is 17.3. The second kappa shape index (κ2) is 12.4. The Labute approximate surface area is 219 Å². The van der Waals surface area contributed by atoms with E-state index < -0.39 is 0 Å². The van der Waals surface area contributed by atoms with E-state index in [4.69, 9.17) is 15.2 Å². The molecule has 4 rings (SSSR count). The Hall–Kier alpha value is -0.690. The first kappa shape index (κ1) is 28.3. The molecule has 0 spiro atoms. The largest absolute Gasteiger partial charge is 0.393 e. The quantitative estimate of drug-likeness (QED) is 0.338. The number of ether oxygens (including phenoxy) is 2. The van der Waals surface area contributed by atoms with Crippen LogP contribution in [-0.4, -0.2) is 56.6 Å². The second-order valence-electron chi connectivity index (χ2n) is 13.2. The highest BCUT2D eigenvalue weighted by Crippen LogP contribution is 2.68. The van der Waals surface area contributed by atoms with Crippen LogP contribution in [0.2, 0.25) is 0 Å². The van der Waals surface area contributed by atoms with Crippen LogP contribution >= 0.6 is 0 Å². The van der Waals surface area contributed by atoms with Gasteiger partial charge in [-0.25, -0.2) is 0 Å². The maximum atomic E-state index is 12.5. The average Bonchev–Trinajstić information content (AvgIpc) is 3.22. The summed E-state index contributed by atoms with van der Waals surface area (Å²) in [6, 6.07) is 0. The number of hydrogen-bond donors (Lipinski definition) is 3. The summed E-state index contributed by atoms with van der Waals surface area (Å²) in [6.07, 6.45) is 13.0. The van der Waals surface area contributed by atoms with Crippen molar-refractivity contribution in [2.24, 2.45) is 52.1 Å². The summed E-state index contributed by atoms with van der Waals surface area (Å²) in [5.41, 5.74) is 6.28. The van der Waals surface area contributed by atoms with Gasteiger partial charge in [-0.2, -0.15) is 0 Å². The van der Waals surface area contributed by atoms with Gasteiger partial charge in [-0.05, 0) is 111 Å². The van der Waals surface area contributed by atoms with Crippen LogP contribution in [0.3, 0.4) is 0 Å². The predicted octanol–water partition coefficient (Wildman–Crippen LogP) is 4.53. The van der Waals surface area contributed by atoms with Crippen molar-refractivity contribution < 1.29 is 19.4 Å². The Morgan fingerprint density at radius 3 is 2.47 bits per heavy atom. The van der Waals surface area contributed by atoms with E-state index in [9.17, 15) is 9.90 Å². The third kappa shape index (κ3) is 5.97. The standard InChI is InChI=1S/C30H54N2O4/c1-21(4-9-28(34)32-15-17-36-19-18-35-16-14-31)25-7-8-26-24-6-5-22-20-23(33)10-12-29(22,2)27(24)11-13-30(25,26)3/h21-27,33H,4-20,31H2,1-3H3,(H,32,34)/t21?,22?,23-,24?,25-,26?,27?,29+,30-/m1/s1. The summed E-state index contributed by atoms with van der Waals surface area (Å²) in [5, 5.41) is 13.3. The number of fused-ring (bicyclic) bond motifs is 5. The average molecular weight is 507 g/mol. The molecule has 208 valence electrons. The van der Waals surface area contributed by atoms with E-state index in [0.717, 1.165) is 48.9 Å². The van der Waals surface area contributed by atoms with E-state index in [-0.39, 0.29) is 12.0 Å². The van der Waals surface area contributed by atoms with Gasteiger partial charge in [0.15, 0.2) is 0 Å². The van der Waals surface area contributed by atoms with Gasteiger partial charge < -0.3 is 25.6 Å². The number of rotatable bonds is 12. The first-order valence-electron chi connectivity index (χ1n) is 15.1. The highest BCUT2D eigenvalue weighted by atomic mass is 16.5. The van der Waals surface area contributed by atoms with Crippen LogP contribution in [0.4, 0.5) is 0 Å². The fourth-order valence-corrected chi connectivity index (χ4v) is 9.53. The van der Waals surface area contributed by atoms with Gasteiger partial charge in [-0.3, -0.25) is 4.79 Å². The van der Waals surface area contributed by atoms with E-state index in [2.05, 4.69) is 26.1 Å². The molecular formula is C30H54N2O4. The molecule has 4 fully saturated rings. The van der Waals surface area contributed by atoms with E-state index in [1.54, 1.807) is 0 Å². The van der Waals surface area contributed by atoms with Crippen molar-refractivity contribution in [1.82, 2.24) is 5.32 Å². The molecule has 4 saturated carbocycles. The Bertz CT molecular complexity index is 719. The monoisotopic (exact) mass is 506 g/mol. The zero-order valence-electron chi connectivity index (χ0n) is 23.3. The third-order valence-corrected chi connectivity index (χ3v) is 11.4. The number of hydrogen-bond acceptors (Lipinski definition) is 5. The second-order valence-corrected chi connectivity index (χ2v) is 13.2. The van der Waals surface area contributed by atoms with E-state index in [1.165, 1.54) is 44.9 Å². The molecule has 6 heteroatoms. The molecule has 9 atom stereocenters. The lowest BCUT2D eigenvalue weighted by Crippen LogP contribution is -2.54. The lowest BCUT2D eigenvalue weighted by Gasteiger charge is -2.61. The van der Waals surface area contributed by atoms with Gasteiger partial charge in [-0.1, -0.05) is 20.8 Å². The lowest BCUT2D eigenvalue weighted by atomic mass is 9.44. The molecule has 5 unspecified atom stereocenters. The molecule has 0 aliphatic heterocycles. The zero-order valence-corrected chi connectivity index (χ0v) is 23.3. The zero-order chi connectivity index (χ0) is 25.8. The molecule has 4 aliphatic rings. The van der Waals surface area contributed by atoms with Gasteiger partial charge in [0.05, 0.1) is 32.5 Å². The van der Waals surface area contributed by atoms with Gasteiger partial charge in [0, 0.05) is 19.5 Å². The molecular weight excluding hydrogens is 452 g/mol. The molecule has 36 heavy (non-hydrogen) atoms. The normalized spacial score (nSPS) is 40.7. The molecule has 6 nitrogen and oxygen atoms in total. The van der Waals surface area contributed by atoms with Gasteiger partial charge in [0.25, 0.3) is 0 Å². The molecule has 1 amide bonds. The van der Waals surface area contributed by atoms with Gasteiger partial charge in [0.1, 0.15) is 0 Å². The summed E-state index contributed by atoms with van der Waals surface area (Å²) >= 11 is 0. The van der Waals surface area contributed by atoms with Crippen LogP contribution < -0.4 is 11.1 Å². The summed E-state index contributed by atoms with van der Waals surface area (Å²) in [4.78, 5) is 12.5. The van der Waals surface area contributed by atoms with E-state index >= 15 is 0 Å². The summed E-state index contributed by atoms with van der Waals surface area (Å²) in [5.74, 6) is 4.81.